The first-order valence-electron chi connectivity index (χ1n) is 8.92. The molecule has 134 valence electrons. The van der Waals surface area contributed by atoms with Crippen LogP contribution < -0.4 is 19.5 Å². The van der Waals surface area contributed by atoms with Crippen molar-refractivity contribution in [3.63, 3.8) is 0 Å². The average Bonchev–Trinajstić information content (AvgIpc) is 2.71. The van der Waals surface area contributed by atoms with Crippen LogP contribution in [0.25, 0.3) is 10.8 Å². The zero-order valence-electron chi connectivity index (χ0n) is 15.1. The van der Waals surface area contributed by atoms with Crippen molar-refractivity contribution >= 4 is 10.8 Å². The van der Waals surface area contributed by atoms with E-state index in [1.165, 1.54) is 21.9 Å². The highest BCUT2D eigenvalue weighted by molar-refractivity contribution is 5.84. The minimum absolute atomic E-state index is 0.220. The van der Waals surface area contributed by atoms with Crippen molar-refractivity contribution in [2.45, 2.75) is 19.5 Å². The summed E-state index contributed by atoms with van der Waals surface area (Å²) in [6.45, 7) is 4.20. The Labute approximate surface area is 153 Å². The molecule has 0 radical (unpaired) electrons. The largest absolute Gasteiger partial charge is 0.497 e. The second-order valence-corrected chi connectivity index (χ2v) is 6.55. The number of rotatable bonds is 5. The predicted molar refractivity (Wildman–Crippen MR) is 103 cm³/mol. The van der Waals surface area contributed by atoms with Gasteiger partial charge in [0.05, 0.1) is 7.11 Å². The van der Waals surface area contributed by atoms with Gasteiger partial charge in [0.25, 0.3) is 0 Å². The van der Waals surface area contributed by atoms with E-state index in [1.807, 2.05) is 12.1 Å². The van der Waals surface area contributed by atoms with E-state index in [0.29, 0.717) is 13.2 Å². The van der Waals surface area contributed by atoms with E-state index in [9.17, 15) is 0 Å². The number of methoxy groups -OCH3 is 1. The minimum atomic E-state index is 0.220. The molecule has 0 spiro atoms. The van der Waals surface area contributed by atoms with Crippen LogP contribution in [0.3, 0.4) is 0 Å². The van der Waals surface area contributed by atoms with Crippen LogP contribution in [0, 0.1) is 0 Å². The van der Waals surface area contributed by atoms with Crippen LogP contribution in [-0.4, -0.2) is 20.3 Å². The Hall–Kier alpha value is -2.72. The van der Waals surface area contributed by atoms with Gasteiger partial charge in [0.1, 0.15) is 19.0 Å². The molecule has 0 amide bonds. The Morgan fingerprint density at radius 3 is 2.54 bits per heavy atom. The smallest absolute Gasteiger partial charge is 0.161 e. The zero-order valence-corrected chi connectivity index (χ0v) is 15.1. The first kappa shape index (κ1) is 16.7. The third-order valence-corrected chi connectivity index (χ3v) is 4.79. The molecule has 26 heavy (non-hydrogen) atoms. The molecule has 4 nitrogen and oxygen atoms in total. The van der Waals surface area contributed by atoms with Crippen molar-refractivity contribution in [1.29, 1.82) is 0 Å². The molecule has 4 rings (SSSR count). The van der Waals surface area contributed by atoms with E-state index < -0.39 is 0 Å². The lowest BCUT2D eigenvalue weighted by atomic mass is 10.0. The van der Waals surface area contributed by atoms with Gasteiger partial charge in [-0.3, -0.25) is 0 Å². The molecule has 0 fully saturated rings. The summed E-state index contributed by atoms with van der Waals surface area (Å²) in [7, 11) is 1.69. The molecule has 3 aromatic rings. The molecule has 1 aliphatic rings. The lowest BCUT2D eigenvalue weighted by Crippen LogP contribution is -2.19. The predicted octanol–water partition coefficient (Wildman–Crippen LogP) is 4.47. The number of hydrogen-bond acceptors (Lipinski definition) is 4. The van der Waals surface area contributed by atoms with Crippen molar-refractivity contribution < 1.29 is 14.2 Å². The van der Waals surface area contributed by atoms with Gasteiger partial charge in [0, 0.05) is 12.6 Å². The van der Waals surface area contributed by atoms with Crippen LogP contribution in [0.2, 0.25) is 0 Å². The SMILES string of the molecule is COc1ccc2cc(CN[C@H](C)c3ccc4c(c3)OCCO4)ccc2c1. The van der Waals surface area contributed by atoms with Gasteiger partial charge in [-0.05, 0) is 59.2 Å². The van der Waals surface area contributed by atoms with Gasteiger partial charge in [-0.1, -0.05) is 24.3 Å². The lowest BCUT2D eigenvalue weighted by Gasteiger charge is -2.21. The Balaban J connectivity index is 1.45. The fourth-order valence-electron chi connectivity index (χ4n) is 3.23. The van der Waals surface area contributed by atoms with Crippen LogP contribution in [0.5, 0.6) is 17.2 Å². The monoisotopic (exact) mass is 349 g/mol. The van der Waals surface area contributed by atoms with Gasteiger partial charge in [0.2, 0.25) is 0 Å². The summed E-state index contributed by atoms with van der Waals surface area (Å²) in [6.07, 6.45) is 0. The minimum Gasteiger partial charge on any atom is -0.497 e. The topological polar surface area (TPSA) is 39.7 Å². The number of nitrogens with one attached hydrogen (secondary N) is 1. The fourth-order valence-corrected chi connectivity index (χ4v) is 3.23. The third kappa shape index (κ3) is 3.46. The summed E-state index contributed by atoms with van der Waals surface area (Å²) in [6, 6.07) is 19.1. The molecule has 0 saturated carbocycles. The molecule has 1 aliphatic heterocycles. The van der Waals surface area contributed by atoms with Gasteiger partial charge >= 0.3 is 0 Å². The molecule has 1 heterocycles. The van der Waals surface area contributed by atoms with Crippen molar-refractivity contribution in [3.05, 3.63) is 65.7 Å². The molecule has 0 aromatic heterocycles. The summed E-state index contributed by atoms with van der Waals surface area (Å²) in [5.41, 5.74) is 2.45. The molecular formula is C22H23NO3. The number of fused-ring (bicyclic) bond motifs is 2. The van der Waals surface area contributed by atoms with E-state index in [1.54, 1.807) is 7.11 Å². The quantitative estimate of drug-likeness (QED) is 0.738. The number of ether oxygens (including phenoxy) is 3. The summed E-state index contributed by atoms with van der Waals surface area (Å²) in [4.78, 5) is 0. The first-order chi connectivity index (χ1) is 12.7. The lowest BCUT2D eigenvalue weighted by molar-refractivity contribution is 0.171. The van der Waals surface area contributed by atoms with E-state index in [4.69, 9.17) is 14.2 Å². The standard InChI is InChI=1S/C22H23NO3/c1-15(17-6-8-21-22(13-17)26-10-9-25-21)23-14-16-3-4-19-12-20(24-2)7-5-18(19)11-16/h3-8,11-13,15,23H,9-10,14H2,1-2H3/t15-/m1/s1. The third-order valence-electron chi connectivity index (χ3n) is 4.79. The molecular weight excluding hydrogens is 326 g/mol. The van der Waals surface area contributed by atoms with Crippen molar-refractivity contribution in [1.82, 2.24) is 5.32 Å². The van der Waals surface area contributed by atoms with Crippen LogP contribution in [-0.2, 0) is 6.54 Å². The molecule has 3 aromatic carbocycles. The molecule has 1 N–H and O–H groups in total. The maximum absolute atomic E-state index is 5.68. The Bertz CT molecular complexity index is 922. The highest BCUT2D eigenvalue weighted by Gasteiger charge is 2.14. The van der Waals surface area contributed by atoms with Crippen molar-refractivity contribution in [2.24, 2.45) is 0 Å². The molecule has 0 unspecified atom stereocenters. The normalized spacial score (nSPS) is 14.2. The maximum Gasteiger partial charge on any atom is 0.161 e. The molecule has 0 bridgehead atoms. The van der Waals surface area contributed by atoms with Crippen LogP contribution >= 0.6 is 0 Å². The number of benzene rings is 3. The van der Waals surface area contributed by atoms with Gasteiger partial charge in [-0.15, -0.1) is 0 Å². The van der Waals surface area contributed by atoms with Gasteiger partial charge in [0.15, 0.2) is 11.5 Å². The fraction of sp³-hybridized carbons (Fsp3) is 0.273. The molecule has 0 aliphatic carbocycles. The second kappa shape index (κ2) is 7.26. The first-order valence-corrected chi connectivity index (χ1v) is 8.92. The number of hydrogen-bond donors (Lipinski definition) is 1. The van der Waals surface area contributed by atoms with E-state index >= 15 is 0 Å². The van der Waals surface area contributed by atoms with Crippen LogP contribution in [0.4, 0.5) is 0 Å². The Morgan fingerprint density at radius 1 is 0.923 bits per heavy atom. The average molecular weight is 349 g/mol. The van der Waals surface area contributed by atoms with Crippen molar-refractivity contribution in [3.8, 4) is 17.2 Å². The molecule has 0 saturated heterocycles. The second-order valence-electron chi connectivity index (χ2n) is 6.55. The summed E-state index contributed by atoms with van der Waals surface area (Å²) in [5, 5.41) is 6.00. The van der Waals surface area contributed by atoms with E-state index in [-0.39, 0.29) is 6.04 Å². The highest BCUT2D eigenvalue weighted by Crippen LogP contribution is 2.32. The molecule has 1 atom stereocenters. The molecule has 4 heteroatoms. The van der Waals surface area contributed by atoms with Gasteiger partial charge < -0.3 is 19.5 Å². The maximum atomic E-state index is 5.68. The van der Waals surface area contributed by atoms with E-state index in [2.05, 4.69) is 54.7 Å². The Morgan fingerprint density at radius 2 is 1.69 bits per heavy atom. The van der Waals surface area contributed by atoms with Crippen molar-refractivity contribution in [2.75, 3.05) is 20.3 Å². The van der Waals surface area contributed by atoms with Gasteiger partial charge in [-0.25, -0.2) is 0 Å². The van der Waals surface area contributed by atoms with E-state index in [0.717, 1.165) is 23.8 Å². The summed E-state index contributed by atoms with van der Waals surface area (Å²) >= 11 is 0. The van der Waals surface area contributed by atoms with Gasteiger partial charge in [-0.2, -0.15) is 0 Å². The van der Waals surface area contributed by atoms with Crippen LogP contribution in [0.15, 0.2) is 54.6 Å². The highest BCUT2D eigenvalue weighted by atomic mass is 16.6. The summed E-state index contributed by atoms with van der Waals surface area (Å²) < 4.78 is 16.6. The Kier molecular flexibility index (Phi) is 4.67. The zero-order chi connectivity index (χ0) is 17.9. The summed E-state index contributed by atoms with van der Waals surface area (Å²) in [5.74, 6) is 2.55. The van der Waals surface area contributed by atoms with Crippen LogP contribution in [0.1, 0.15) is 24.1 Å².